The highest BCUT2D eigenvalue weighted by Crippen LogP contribution is 2.36. The lowest BCUT2D eigenvalue weighted by atomic mass is 10.0. The zero-order valence-corrected chi connectivity index (χ0v) is 13.0. The molecular formula is C14H15BrN2O3. The number of nitrogens with zero attached hydrogens (tertiary/aromatic N) is 1. The topological polar surface area (TPSA) is 75.2 Å². The van der Waals surface area contributed by atoms with Crippen LogP contribution in [0.4, 0.5) is 0 Å². The fourth-order valence-corrected chi connectivity index (χ4v) is 2.49. The zero-order chi connectivity index (χ0) is 14.9. The lowest BCUT2D eigenvalue weighted by Crippen LogP contribution is -2.00. The molecule has 0 saturated heterocycles. The summed E-state index contributed by atoms with van der Waals surface area (Å²) in [5.74, 6) is -0.199. The average Bonchev–Trinajstić information content (AvgIpc) is 2.73. The van der Waals surface area contributed by atoms with E-state index in [-0.39, 0.29) is 6.42 Å². The van der Waals surface area contributed by atoms with E-state index in [9.17, 15) is 4.79 Å². The van der Waals surface area contributed by atoms with Crippen LogP contribution in [0.25, 0.3) is 11.3 Å². The van der Waals surface area contributed by atoms with Crippen LogP contribution in [-0.2, 0) is 11.2 Å². The van der Waals surface area contributed by atoms with Gasteiger partial charge in [0.1, 0.15) is 11.4 Å². The summed E-state index contributed by atoms with van der Waals surface area (Å²) in [4.78, 5) is 10.8. The molecule has 2 rings (SSSR count). The normalized spacial score (nSPS) is 10.6. The van der Waals surface area contributed by atoms with Crippen molar-refractivity contribution < 1.29 is 14.6 Å². The van der Waals surface area contributed by atoms with Crippen molar-refractivity contribution in [2.75, 3.05) is 7.11 Å². The number of benzene rings is 1. The average molecular weight is 339 g/mol. The fraction of sp³-hybridized carbons (Fsp3) is 0.286. The van der Waals surface area contributed by atoms with Crippen LogP contribution in [0.1, 0.15) is 16.8 Å². The molecule has 20 heavy (non-hydrogen) atoms. The molecule has 0 aliphatic carbocycles. The summed E-state index contributed by atoms with van der Waals surface area (Å²) in [5.41, 5.74) is 4.27. The molecule has 1 aromatic carbocycles. The number of aromatic nitrogens is 2. The van der Waals surface area contributed by atoms with Gasteiger partial charge < -0.3 is 9.84 Å². The highest BCUT2D eigenvalue weighted by Gasteiger charge is 2.18. The molecule has 0 spiro atoms. The second-order valence-corrected chi connectivity index (χ2v) is 5.37. The van der Waals surface area contributed by atoms with Gasteiger partial charge in [-0.15, -0.1) is 0 Å². The number of halogens is 1. The van der Waals surface area contributed by atoms with Gasteiger partial charge in [0, 0.05) is 5.56 Å². The molecule has 0 bridgehead atoms. The van der Waals surface area contributed by atoms with Gasteiger partial charge in [0.05, 0.1) is 23.7 Å². The van der Waals surface area contributed by atoms with Gasteiger partial charge >= 0.3 is 5.97 Å². The second kappa shape index (κ2) is 5.66. The highest BCUT2D eigenvalue weighted by molar-refractivity contribution is 9.10. The Balaban J connectivity index is 2.54. The molecule has 0 radical (unpaired) electrons. The first-order valence-corrected chi connectivity index (χ1v) is 6.83. The summed E-state index contributed by atoms with van der Waals surface area (Å²) in [6, 6.07) is 3.93. The van der Waals surface area contributed by atoms with E-state index in [4.69, 9.17) is 9.84 Å². The van der Waals surface area contributed by atoms with Crippen LogP contribution in [0, 0.1) is 13.8 Å². The van der Waals surface area contributed by atoms with Crippen molar-refractivity contribution in [3.05, 3.63) is 33.4 Å². The SMILES string of the molecule is COc1cc(C)c(C)cc1-c1n[nH]c(CC(=O)O)c1Br. The van der Waals surface area contributed by atoms with Gasteiger partial charge in [-0.2, -0.15) is 5.10 Å². The molecule has 2 aromatic rings. The quantitative estimate of drug-likeness (QED) is 0.898. The third-order valence-corrected chi connectivity index (χ3v) is 4.03. The molecule has 6 heteroatoms. The van der Waals surface area contributed by atoms with Gasteiger partial charge in [0.25, 0.3) is 0 Å². The Labute approximate surface area is 125 Å². The first-order valence-electron chi connectivity index (χ1n) is 6.04. The standard InChI is InChI=1S/C14H15BrN2O3/c1-7-4-9(11(20-3)5-8(7)2)14-13(15)10(16-17-14)6-12(18)19/h4-5H,6H2,1-3H3,(H,16,17)(H,18,19). The van der Waals surface area contributed by atoms with Gasteiger partial charge in [-0.25, -0.2) is 0 Å². The summed E-state index contributed by atoms with van der Waals surface area (Å²) in [5, 5.41) is 15.8. The van der Waals surface area contributed by atoms with E-state index in [2.05, 4.69) is 26.1 Å². The van der Waals surface area contributed by atoms with E-state index in [1.165, 1.54) is 0 Å². The van der Waals surface area contributed by atoms with E-state index >= 15 is 0 Å². The van der Waals surface area contributed by atoms with Crippen molar-refractivity contribution >= 4 is 21.9 Å². The lowest BCUT2D eigenvalue weighted by molar-refractivity contribution is -0.136. The number of ether oxygens (including phenoxy) is 1. The van der Waals surface area contributed by atoms with Crippen molar-refractivity contribution in [1.82, 2.24) is 10.2 Å². The number of aliphatic carboxylic acids is 1. The van der Waals surface area contributed by atoms with Gasteiger partial charge in [0.2, 0.25) is 0 Å². The Hall–Kier alpha value is -1.82. The summed E-state index contributed by atoms with van der Waals surface area (Å²) in [6.07, 6.45) is -0.110. The highest BCUT2D eigenvalue weighted by atomic mass is 79.9. The van der Waals surface area contributed by atoms with Gasteiger partial charge in [-0.3, -0.25) is 9.89 Å². The van der Waals surface area contributed by atoms with E-state index < -0.39 is 5.97 Å². The third-order valence-electron chi connectivity index (χ3n) is 3.17. The first kappa shape index (κ1) is 14.6. The van der Waals surface area contributed by atoms with Gasteiger partial charge in [-0.1, -0.05) is 0 Å². The molecule has 0 aliphatic rings. The number of nitrogens with one attached hydrogen (secondary N) is 1. The summed E-state index contributed by atoms with van der Waals surface area (Å²) >= 11 is 3.41. The van der Waals surface area contributed by atoms with Crippen LogP contribution >= 0.6 is 15.9 Å². The molecule has 2 N–H and O–H groups in total. The minimum atomic E-state index is -0.909. The van der Waals surface area contributed by atoms with Crippen LogP contribution in [0.2, 0.25) is 0 Å². The van der Waals surface area contributed by atoms with Gasteiger partial charge in [0.15, 0.2) is 0 Å². The Kier molecular flexibility index (Phi) is 4.13. The number of methoxy groups -OCH3 is 1. The predicted octanol–water partition coefficient (Wildman–Crippen LogP) is 3.09. The number of aromatic amines is 1. The Bertz CT molecular complexity index is 665. The molecule has 0 fully saturated rings. The number of hydrogen-bond donors (Lipinski definition) is 2. The van der Waals surface area contributed by atoms with Crippen molar-refractivity contribution in [1.29, 1.82) is 0 Å². The molecule has 5 nitrogen and oxygen atoms in total. The van der Waals surface area contributed by atoms with Gasteiger partial charge in [-0.05, 0) is 53.0 Å². The van der Waals surface area contributed by atoms with Crippen LogP contribution in [0.15, 0.2) is 16.6 Å². The Morgan fingerprint density at radius 1 is 1.40 bits per heavy atom. The predicted molar refractivity (Wildman–Crippen MR) is 79.1 cm³/mol. The van der Waals surface area contributed by atoms with Crippen molar-refractivity contribution in [2.45, 2.75) is 20.3 Å². The summed E-state index contributed by atoms with van der Waals surface area (Å²) in [6.45, 7) is 4.02. The Morgan fingerprint density at radius 3 is 2.65 bits per heavy atom. The number of aryl methyl sites for hydroxylation is 2. The molecule has 0 atom stereocenters. The largest absolute Gasteiger partial charge is 0.496 e. The van der Waals surface area contributed by atoms with E-state index in [1.807, 2.05) is 26.0 Å². The number of hydrogen-bond acceptors (Lipinski definition) is 3. The fourth-order valence-electron chi connectivity index (χ4n) is 1.95. The second-order valence-electron chi connectivity index (χ2n) is 4.57. The minimum absolute atomic E-state index is 0.110. The van der Waals surface area contributed by atoms with E-state index in [0.717, 1.165) is 16.7 Å². The third kappa shape index (κ3) is 2.70. The number of H-pyrrole nitrogens is 1. The first-order chi connectivity index (χ1) is 9.43. The summed E-state index contributed by atoms with van der Waals surface area (Å²) < 4.78 is 6.04. The zero-order valence-electron chi connectivity index (χ0n) is 11.5. The van der Waals surface area contributed by atoms with Crippen LogP contribution in [-0.4, -0.2) is 28.4 Å². The number of carbonyl (C=O) groups is 1. The molecule has 0 amide bonds. The number of carboxylic acid groups (broad SMARTS) is 1. The van der Waals surface area contributed by atoms with Crippen molar-refractivity contribution in [3.63, 3.8) is 0 Å². The van der Waals surface area contributed by atoms with Crippen molar-refractivity contribution in [2.24, 2.45) is 0 Å². The van der Waals surface area contributed by atoms with E-state index in [1.54, 1.807) is 7.11 Å². The maximum Gasteiger partial charge on any atom is 0.309 e. The maximum atomic E-state index is 10.8. The maximum absolute atomic E-state index is 10.8. The molecular weight excluding hydrogens is 324 g/mol. The smallest absolute Gasteiger partial charge is 0.309 e. The van der Waals surface area contributed by atoms with Crippen LogP contribution in [0.5, 0.6) is 5.75 Å². The van der Waals surface area contributed by atoms with Crippen molar-refractivity contribution in [3.8, 4) is 17.0 Å². The molecule has 1 aromatic heterocycles. The monoisotopic (exact) mass is 338 g/mol. The molecule has 1 heterocycles. The Morgan fingerprint density at radius 2 is 2.05 bits per heavy atom. The summed E-state index contributed by atoms with van der Waals surface area (Å²) in [7, 11) is 1.60. The van der Waals surface area contributed by atoms with Crippen LogP contribution < -0.4 is 4.74 Å². The minimum Gasteiger partial charge on any atom is -0.496 e. The molecule has 0 saturated carbocycles. The molecule has 106 valence electrons. The molecule has 0 aliphatic heterocycles. The number of rotatable bonds is 4. The lowest BCUT2D eigenvalue weighted by Gasteiger charge is -2.10. The number of carboxylic acids is 1. The van der Waals surface area contributed by atoms with E-state index in [0.29, 0.717) is 21.6 Å². The molecule has 0 unspecified atom stereocenters. The van der Waals surface area contributed by atoms with Crippen LogP contribution in [0.3, 0.4) is 0 Å².